The van der Waals surface area contributed by atoms with Gasteiger partial charge >= 0.3 is 5.97 Å². The Balaban J connectivity index is 1.86. The van der Waals surface area contributed by atoms with Gasteiger partial charge in [0.2, 0.25) is 0 Å². The van der Waals surface area contributed by atoms with Gasteiger partial charge in [-0.15, -0.1) is 0 Å². The van der Waals surface area contributed by atoms with Gasteiger partial charge in [-0.05, 0) is 30.7 Å². The maximum absolute atomic E-state index is 11.9. The highest BCUT2D eigenvalue weighted by Crippen LogP contribution is 2.14. The van der Waals surface area contributed by atoms with Gasteiger partial charge in [0.1, 0.15) is 5.69 Å². The number of benzene rings is 1. The van der Waals surface area contributed by atoms with Crippen molar-refractivity contribution in [2.45, 2.75) is 19.6 Å². The average Bonchev–Trinajstić information content (AvgIpc) is 3.00. The molecule has 5 nitrogen and oxygen atoms in total. The third-order valence-electron chi connectivity index (χ3n) is 2.88. The molecule has 110 valence electrons. The molecule has 0 unspecified atom stereocenters. The van der Waals surface area contributed by atoms with E-state index in [4.69, 9.17) is 16.3 Å². The van der Waals surface area contributed by atoms with E-state index in [2.05, 4.69) is 10.3 Å². The highest BCUT2D eigenvalue weighted by molar-refractivity contribution is 6.31. The Morgan fingerprint density at radius 1 is 1.29 bits per heavy atom. The molecule has 2 N–H and O–H groups in total. The summed E-state index contributed by atoms with van der Waals surface area (Å²) in [6.07, 6.45) is 0.724. The van der Waals surface area contributed by atoms with Crippen LogP contribution in [-0.4, -0.2) is 23.0 Å². The number of aromatic nitrogens is 1. The minimum atomic E-state index is -0.886. The predicted molar refractivity (Wildman–Crippen MR) is 79.0 cm³/mol. The van der Waals surface area contributed by atoms with Crippen molar-refractivity contribution in [2.75, 3.05) is 0 Å². The van der Waals surface area contributed by atoms with Crippen LogP contribution in [0.1, 0.15) is 23.0 Å². The highest BCUT2D eigenvalue weighted by atomic mass is 35.5. The Morgan fingerprint density at radius 3 is 2.71 bits per heavy atom. The summed E-state index contributed by atoms with van der Waals surface area (Å²) in [5.41, 5.74) is 1.11. The van der Waals surface area contributed by atoms with Crippen LogP contribution in [-0.2, 0) is 16.1 Å². The molecule has 0 aliphatic rings. The Hall–Kier alpha value is -2.27. The van der Waals surface area contributed by atoms with E-state index in [1.54, 1.807) is 24.4 Å². The van der Waals surface area contributed by atoms with Gasteiger partial charge in [0, 0.05) is 17.8 Å². The molecule has 1 heterocycles. The molecule has 0 saturated heterocycles. The lowest BCUT2D eigenvalue weighted by Gasteiger charge is -2.13. The highest BCUT2D eigenvalue weighted by Gasteiger charge is 2.19. The van der Waals surface area contributed by atoms with Crippen molar-refractivity contribution in [1.29, 1.82) is 0 Å². The van der Waals surface area contributed by atoms with Crippen molar-refractivity contribution in [3.8, 4) is 0 Å². The average molecular weight is 307 g/mol. The fraction of sp³-hybridized carbons (Fsp3) is 0.200. The van der Waals surface area contributed by atoms with E-state index in [0.29, 0.717) is 10.7 Å². The lowest BCUT2D eigenvalue weighted by atomic mass is 10.2. The zero-order valence-corrected chi connectivity index (χ0v) is 12.2. The molecule has 0 spiro atoms. The van der Waals surface area contributed by atoms with Crippen LogP contribution in [0.5, 0.6) is 0 Å². The molecule has 0 saturated carbocycles. The predicted octanol–water partition coefficient (Wildman–Crippen LogP) is 2.53. The topological polar surface area (TPSA) is 71.2 Å². The van der Waals surface area contributed by atoms with Gasteiger partial charge in [-0.3, -0.25) is 4.79 Å². The van der Waals surface area contributed by atoms with E-state index in [0.717, 1.165) is 5.56 Å². The lowest BCUT2D eigenvalue weighted by Crippen LogP contribution is -2.35. The number of aromatic amines is 1. The Morgan fingerprint density at radius 2 is 2.05 bits per heavy atom. The van der Waals surface area contributed by atoms with Crippen LogP contribution in [0.2, 0.25) is 5.02 Å². The van der Waals surface area contributed by atoms with Gasteiger partial charge < -0.3 is 15.0 Å². The van der Waals surface area contributed by atoms with Crippen LogP contribution in [0.15, 0.2) is 42.6 Å². The van der Waals surface area contributed by atoms with Crippen molar-refractivity contribution in [2.24, 2.45) is 0 Å². The van der Waals surface area contributed by atoms with Crippen molar-refractivity contribution >= 4 is 23.5 Å². The van der Waals surface area contributed by atoms with E-state index in [-0.39, 0.29) is 12.5 Å². The minimum absolute atomic E-state index is 0.281. The first-order chi connectivity index (χ1) is 10.1. The first-order valence-electron chi connectivity index (χ1n) is 6.43. The smallest absolute Gasteiger partial charge is 0.355 e. The summed E-state index contributed by atoms with van der Waals surface area (Å²) in [5.74, 6) is -0.949. The van der Waals surface area contributed by atoms with Crippen LogP contribution in [0, 0.1) is 0 Å². The van der Waals surface area contributed by atoms with Crippen molar-refractivity contribution in [3.05, 3.63) is 58.9 Å². The van der Waals surface area contributed by atoms with E-state index in [1.165, 1.54) is 6.92 Å². The van der Waals surface area contributed by atoms with Crippen molar-refractivity contribution < 1.29 is 14.3 Å². The Labute approximate surface area is 127 Å². The van der Waals surface area contributed by atoms with Crippen LogP contribution >= 0.6 is 11.6 Å². The summed E-state index contributed by atoms with van der Waals surface area (Å²) >= 11 is 6.00. The van der Waals surface area contributed by atoms with Crippen LogP contribution < -0.4 is 5.32 Å². The summed E-state index contributed by atoms with van der Waals surface area (Å²) in [6, 6.07) is 10.5. The number of H-pyrrole nitrogens is 1. The molecule has 1 aromatic heterocycles. The third-order valence-corrected chi connectivity index (χ3v) is 3.25. The van der Waals surface area contributed by atoms with Gasteiger partial charge in [0.25, 0.3) is 5.91 Å². The zero-order chi connectivity index (χ0) is 15.2. The minimum Gasteiger partial charge on any atom is -0.448 e. The van der Waals surface area contributed by atoms with Gasteiger partial charge in [-0.2, -0.15) is 0 Å². The standard InChI is InChI=1S/C15H15ClN2O3/c1-10(21-15(20)13-7-4-8-17-13)14(19)18-9-11-5-2-3-6-12(11)16/h2-8,10,17H,9H2,1H3,(H,18,19)/t10-/m1/s1. The molecule has 0 fully saturated rings. The summed E-state index contributed by atoms with van der Waals surface area (Å²) in [5, 5.41) is 3.26. The summed E-state index contributed by atoms with van der Waals surface area (Å²) < 4.78 is 5.06. The number of ether oxygens (including phenoxy) is 1. The number of halogens is 1. The van der Waals surface area contributed by atoms with Gasteiger partial charge in [-0.25, -0.2) is 4.79 Å². The number of hydrogen-bond donors (Lipinski definition) is 2. The summed E-state index contributed by atoms with van der Waals surface area (Å²) in [7, 11) is 0. The van der Waals surface area contributed by atoms with Crippen LogP contribution in [0.4, 0.5) is 0 Å². The van der Waals surface area contributed by atoms with Crippen molar-refractivity contribution in [3.63, 3.8) is 0 Å². The van der Waals surface area contributed by atoms with E-state index in [1.807, 2.05) is 18.2 Å². The van der Waals surface area contributed by atoms with E-state index >= 15 is 0 Å². The van der Waals surface area contributed by atoms with E-state index < -0.39 is 12.1 Å². The first-order valence-corrected chi connectivity index (χ1v) is 6.81. The van der Waals surface area contributed by atoms with Gasteiger partial charge in [-0.1, -0.05) is 29.8 Å². The molecule has 0 aliphatic heterocycles. The molecule has 2 aromatic rings. The Bertz CT molecular complexity index is 626. The molecular weight excluding hydrogens is 292 g/mol. The first kappa shape index (κ1) is 15.1. The molecule has 1 aromatic carbocycles. The lowest BCUT2D eigenvalue weighted by molar-refractivity contribution is -0.129. The normalized spacial score (nSPS) is 11.7. The quantitative estimate of drug-likeness (QED) is 0.834. The second kappa shape index (κ2) is 6.95. The summed E-state index contributed by atoms with van der Waals surface area (Å²) in [4.78, 5) is 26.3. The van der Waals surface area contributed by atoms with Crippen LogP contribution in [0.3, 0.4) is 0 Å². The maximum atomic E-state index is 11.9. The number of carbonyl (C=O) groups is 2. The zero-order valence-electron chi connectivity index (χ0n) is 11.4. The molecule has 0 aliphatic carbocycles. The fourth-order valence-corrected chi connectivity index (χ4v) is 1.91. The SMILES string of the molecule is C[C@@H](OC(=O)c1ccc[nH]1)C(=O)NCc1ccccc1Cl. The van der Waals surface area contributed by atoms with Gasteiger partial charge in [0.05, 0.1) is 0 Å². The number of hydrogen-bond acceptors (Lipinski definition) is 3. The second-order valence-corrected chi connectivity index (χ2v) is 4.85. The number of nitrogens with one attached hydrogen (secondary N) is 2. The maximum Gasteiger partial charge on any atom is 0.355 e. The number of rotatable bonds is 5. The largest absolute Gasteiger partial charge is 0.448 e. The molecular formula is C15H15ClN2O3. The van der Waals surface area contributed by atoms with Gasteiger partial charge in [0.15, 0.2) is 6.10 Å². The van der Waals surface area contributed by atoms with E-state index in [9.17, 15) is 9.59 Å². The molecule has 0 bridgehead atoms. The fourth-order valence-electron chi connectivity index (χ4n) is 1.70. The summed E-state index contributed by atoms with van der Waals surface area (Å²) in [6.45, 7) is 1.80. The molecule has 1 amide bonds. The van der Waals surface area contributed by atoms with Crippen molar-refractivity contribution in [1.82, 2.24) is 10.3 Å². The molecule has 0 radical (unpaired) electrons. The number of carbonyl (C=O) groups excluding carboxylic acids is 2. The van der Waals surface area contributed by atoms with Crippen LogP contribution in [0.25, 0.3) is 0 Å². The molecule has 2 rings (SSSR count). The number of esters is 1. The number of amides is 1. The third kappa shape index (κ3) is 4.10. The Kier molecular flexibility index (Phi) is 5.00. The molecule has 1 atom stereocenters. The second-order valence-electron chi connectivity index (χ2n) is 4.44. The molecule has 6 heteroatoms. The molecule has 21 heavy (non-hydrogen) atoms. The monoisotopic (exact) mass is 306 g/mol.